The average molecular weight is 272 g/mol. The van der Waals surface area contributed by atoms with E-state index in [1.807, 2.05) is 17.0 Å². The average Bonchev–Trinajstić information content (AvgIpc) is 3.01. The molecule has 20 heavy (non-hydrogen) atoms. The van der Waals surface area contributed by atoms with Gasteiger partial charge < -0.3 is 15.2 Å². The maximum Gasteiger partial charge on any atom is 0.253 e. The standard InChI is InChI=1S/C14H16N4O2/c15-12-2-1-7-18(8-12)14(19)11-5-3-10(4-6-11)13-16-9-20-17-13/h3-6,9,12H,1-2,7-8,15H2/t12-/m0/s1. The van der Waals surface area contributed by atoms with Crippen LogP contribution in [0, 0.1) is 0 Å². The normalized spacial score (nSPS) is 19.1. The van der Waals surface area contributed by atoms with Gasteiger partial charge in [0.15, 0.2) is 0 Å². The first-order valence-corrected chi connectivity index (χ1v) is 6.66. The number of rotatable bonds is 2. The van der Waals surface area contributed by atoms with Crippen LogP contribution in [0.15, 0.2) is 35.2 Å². The van der Waals surface area contributed by atoms with Crippen molar-refractivity contribution in [2.24, 2.45) is 5.73 Å². The lowest BCUT2D eigenvalue weighted by atomic mass is 10.0. The lowest BCUT2D eigenvalue weighted by Gasteiger charge is -2.30. The molecule has 1 atom stereocenters. The van der Waals surface area contributed by atoms with E-state index in [0.29, 0.717) is 17.9 Å². The van der Waals surface area contributed by atoms with Gasteiger partial charge >= 0.3 is 0 Å². The van der Waals surface area contributed by atoms with Crippen LogP contribution in [0.4, 0.5) is 0 Å². The Bertz CT molecular complexity index is 580. The molecular weight excluding hydrogens is 256 g/mol. The highest BCUT2D eigenvalue weighted by Gasteiger charge is 2.22. The van der Waals surface area contributed by atoms with Crippen molar-refractivity contribution in [1.82, 2.24) is 15.0 Å². The van der Waals surface area contributed by atoms with Gasteiger partial charge in [0.05, 0.1) is 0 Å². The lowest BCUT2D eigenvalue weighted by molar-refractivity contribution is 0.0709. The van der Waals surface area contributed by atoms with Crippen molar-refractivity contribution in [3.8, 4) is 11.4 Å². The molecule has 104 valence electrons. The maximum atomic E-state index is 12.4. The van der Waals surface area contributed by atoms with Crippen LogP contribution in [0.1, 0.15) is 23.2 Å². The summed E-state index contributed by atoms with van der Waals surface area (Å²) in [6.07, 6.45) is 3.23. The Morgan fingerprint density at radius 2 is 2.15 bits per heavy atom. The number of nitrogens with zero attached hydrogens (tertiary/aromatic N) is 3. The molecule has 1 fully saturated rings. The molecule has 1 saturated heterocycles. The molecule has 1 aromatic carbocycles. The summed E-state index contributed by atoms with van der Waals surface area (Å²) in [6.45, 7) is 1.41. The number of amides is 1. The maximum absolute atomic E-state index is 12.4. The second-order valence-electron chi connectivity index (χ2n) is 4.99. The van der Waals surface area contributed by atoms with Gasteiger partial charge in [-0.2, -0.15) is 4.98 Å². The van der Waals surface area contributed by atoms with Gasteiger partial charge in [0.25, 0.3) is 5.91 Å². The molecule has 0 unspecified atom stereocenters. The quantitative estimate of drug-likeness (QED) is 0.890. The summed E-state index contributed by atoms with van der Waals surface area (Å²) in [4.78, 5) is 18.2. The van der Waals surface area contributed by atoms with Gasteiger partial charge in [-0.15, -0.1) is 0 Å². The van der Waals surface area contributed by atoms with E-state index in [2.05, 4.69) is 10.1 Å². The van der Waals surface area contributed by atoms with Crippen LogP contribution >= 0.6 is 0 Å². The zero-order valence-electron chi connectivity index (χ0n) is 11.0. The van der Waals surface area contributed by atoms with Gasteiger partial charge in [-0.25, -0.2) is 0 Å². The van der Waals surface area contributed by atoms with Crippen molar-refractivity contribution in [2.45, 2.75) is 18.9 Å². The third-order valence-electron chi connectivity index (χ3n) is 3.50. The third kappa shape index (κ3) is 2.55. The predicted molar refractivity (Wildman–Crippen MR) is 72.8 cm³/mol. The largest absolute Gasteiger partial charge is 0.342 e. The molecule has 1 amide bonds. The molecule has 1 aliphatic rings. The first-order chi connectivity index (χ1) is 9.74. The van der Waals surface area contributed by atoms with Gasteiger partial charge in [-0.1, -0.05) is 17.3 Å². The summed E-state index contributed by atoms with van der Waals surface area (Å²) in [7, 11) is 0. The predicted octanol–water partition coefficient (Wildman–Crippen LogP) is 1.30. The summed E-state index contributed by atoms with van der Waals surface area (Å²) < 4.78 is 4.70. The Balaban J connectivity index is 1.75. The second kappa shape index (κ2) is 5.42. The SMILES string of the molecule is N[C@H]1CCCN(C(=O)c2ccc(-c3ncon3)cc2)C1. The highest BCUT2D eigenvalue weighted by Crippen LogP contribution is 2.17. The fraction of sp³-hybridized carbons (Fsp3) is 0.357. The van der Waals surface area contributed by atoms with Crippen LogP contribution < -0.4 is 5.73 Å². The molecule has 3 rings (SSSR count). The molecule has 1 aliphatic heterocycles. The molecule has 0 bridgehead atoms. The van der Waals surface area contributed by atoms with Gasteiger partial charge in [-0.05, 0) is 25.0 Å². The minimum absolute atomic E-state index is 0.0276. The van der Waals surface area contributed by atoms with Crippen molar-refractivity contribution in [2.75, 3.05) is 13.1 Å². The monoisotopic (exact) mass is 272 g/mol. The van der Waals surface area contributed by atoms with Crippen LogP contribution in [-0.2, 0) is 0 Å². The smallest absolute Gasteiger partial charge is 0.253 e. The Hall–Kier alpha value is -2.21. The molecule has 6 nitrogen and oxygen atoms in total. The van der Waals surface area contributed by atoms with Crippen molar-refractivity contribution in [3.63, 3.8) is 0 Å². The number of benzene rings is 1. The minimum Gasteiger partial charge on any atom is -0.342 e. The summed E-state index contributed by atoms with van der Waals surface area (Å²) in [6, 6.07) is 7.30. The molecule has 6 heteroatoms. The number of hydrogen-bond donors (Lipinski definition) is 1. The third-order valence-corrected chi connectivity index (χ3v) is 3.50. The summed E-state index contributed by atoms with van der Waals surface area (Å²) in [5.41, 5.74) is 7.39. The number of piperidine rings is 1. The van der Waals surface area contributed by atoms with E-state index in [1.54, 1.807) is 12.1 Å². The molecule has 2 heterocycles. The molecule has 0 spiro atoms. The first-order valence-electron chi connectivity index (χ1n) is 6.66. The first kappa shape index (κ1) is 12.8. The lowest BCUT2D eigenvalue weighted by Crippen LogP contribution is -2.45. The van der Waals surface area contributed by atoms with E-state index in [0.717, 1.165) is 24.9 Å². The minimum atomic E-state index is 0.0276. The second-order valence-corrected chi connectivity index (χ2v) is 4.99. The van der Waals surface area contributed by atoms with E-state index in [4.69, 9.17) is 10.3 Å². The molecular formula is C14H16N4O2. The van der Waals surface area contributed by atoms with Gasteiger partial charge in [0, 0.05) is 30.3 Å². The summed E-state index contributed by atoms with van der Waals surface area (Å²) >= 11 is 0. The zero-order valence-corrected chi connectivity index (χ0v) is 11.0. The van der Waals surface area contributed by atoms with Crippen molar-refractivity contribution >= 4 is 5.91 Å². The van der Waals surface area contributed by atoms with Crippen molar-refractivity contribution < 1.29 is 9.32 Å². The Morgan fingerprint density at radius 3 is 2.80 bits per heavy atom. The highest BCUT2D eigenvalue weighted by molar-refractivity contribution is 5.94. The summed E-state index contributed by atoms with van der Waals surface area (Å²) in [5.74, 6) is 0.545. The fourth-order valence-electron chi connectivity index (χ4n) is 2.44. The van der Waals surface area contributed by atoms with E-state index in [-0.39, 0.29) is 11.9 Å². The van der Waals surface area contributed by atoms with Crippen molar-refractivity contribution in [1.29, 1.82) is 0 Å². The number of aromatic nitrogens is 2. The van der Waals surface area contributed by atoms with Crippen LogP contribution in [0.5, 0.6) is 0 Å². The Kier molecular flexibility index (Phi) is 3.47. The number of likely N-dealkylation sites (tertiary alicyclic amines) is 1. The number of nitrogens with two attached hydrogens (primary N) is 1. The molecule has 2 aromatic rings. The molecule has 0 aliphatic carbocycles. The van der Waals surface area contributed by atoms with E-state index in [1.165, 1.54) is 6.39 Å². The van der Waals surface area contributed by atoms with Crippen LogP contribution in [0.3, 0.4) is 0 Å². The zero-order chi connectivity index (χ0) is 13.9. The van der Waals surface area contributed by atoms with E-state index in [9.17, 15) is 4.79 Å². The van der Waals surface area contributed by atoms with E-state index >= 15 is 0 Å². The molecule has 2 N–H and O–H groups in total. The molecule has 0 radical (unpaired) electrons. The number of carbonyl (C=O) groups is 1. The van der Waals surface area contributed by atoms with E-state index < -0.39 is 0 Å². The Morgan fingerprint density at radius 1 is 1.35 bits per heavy atom. The van der Waals surface area contributed by atoms with Crippen LogP contribution in [0.25, 0.3) is 11.4 Å². The number of carbonyl (C=O) groups excluding carboxylic acids is 1. The van der Waals surface area contributed by atoms with Gasteiger partial charge in [-0.3, -0.25) is 4.79 Å². The topological polar surface area (TPSA) is 85.2 Å². The van der Waals surface area contributed by atoms with Crippen LogP contribution in [-0.4, -0.2) is 40.1 Å². The molecule has 0 saturated carbocycles. The van der Waals surface area contributed by atoms with Gasteiger partial charge in [0.2, 0.25) is 12.2 Å². The van der Waals surface area contributed by atoms with Crippen LogP contribution in [0.2, 0.25) is 0 Å². The number of hydrogen-bond acceptors (Lipinski definition) is 5. The fourth-order valence-corrected chi connectivity index (χ4v) is 2.44. The van der Waals surface area contributed by atoms with Crippen molar-refractivity contribution in [3.05, 3.63) is 36.2 Å². The molecule has 1 aromatic heterocycles. The Labute approximate surface area is 116 Å². The summed E-state index contributed by atoms with van der Waals surface area (Å²) in [5, 5.41) is 3.76. The van der Waals surface area contributed by atoms with Gasteiger partial charge in [0.1, 0.15) is 0 Å². The highest BCUT2D eigenvalue weighted by atomic mass is 16.5.